The molecule has 0 spiro atoms. The molecule has 1 amide bonds. The Labute approximate surface area is 164 Å². The van der Waals surface area contributed by atoms with Crippen molar-refractivity contribution in [2.75, 3.05) is 24.5 Å². The number of carbonyl (C=O) groups is 1. The smallest absolute Gasteiger partial charge is 0.251 e. The number of anilines is 1. The molecule has 1 fully saturated rings. The van der Waals surface area contributed by atoms with Crippen LogP contribution in [0.1, 0.15) is 34.8 Å². The van der Waals surface area contributed by atoms with E-state index in [0.717, 1.165) is 41.8 Å². The number of amides is 1. The molecule has 1 aliphatic heterocycles. The maximum atomic E-state index is 12.5. The Hall–Kier alpha value is -2.93. The molecule has 1 aliphatic rings. The molecule has 0 saturated carbocycles. The van der Waals surface area contributed by atoms with Crippen LogP contribution >= 0.6 is 0 Å². The summed E-state index contributed by atoms with van der Waals surface area (Å²) in [5.41, 5.74) is 9.85. The molecule has 1 aromatic carbocycles. The van der Waals surface area contributed by atoms with Crippen LogP contribution in [0, 0.1) is 6.92 Å². The lowest BCUT2D eigenvalue weighted by Crippen LogP contribution is -2.52. The Kier molecular flexibility index (Phi) is 4.77. The highest BCUT2D eigenvalue weighted by molar-refractivity contribution is 5.95. The quantitative estimate of drug-likeness (QED) is 0.632. The molecule has 3 aromatic rings. The normalized spacial score (nSPS) is 19.3. The van der Waals surface area contributed by atoms with Gasteiger partial charge in [-0.1, -0.05) is 25.1 Å². The van der Waals surface area contributed by atoms with Crippen LogP contribution in [0.2, 0.25) is 0 Å². The predicted octanol–water partition coefficient (Wildman–Crippen LogP) is 2.17. The molecule has 4 N–H and O–H groups in total. The summed E-state index contributed by atoms with van der Waals surface area (Å²) in [6.45, 7) is 5.93. The lowest BCUT2D eigenvalue weighted by molar-refractivity contribution is 0.0944. The second kappa shape index (κ2) is 7.24. The number of aromatic amines is 1. The van der Waals surface area contributed by atoms with Crippen molar-refractivity contribution in [1.29, 1.82) is 0 Å². The molecule has 0 unspecified atom stereocenters. The van der Waals surface area contributed by atoms with Crippen molar-refractivity contribution < 1.29 is 4.79 Å². The Balaban J connectivity index is 1.48. The molecule has 0 bridgehead atoms. The number of aromatic nitrogens is 3. The summed E-state index contributed by atoms with van der Waals surface area (Å²) in [7, 11) is 0. The fourth-order valence-corrected chi connectivity index (χ4v) is 3.93. The van der Waals surface area contributed by atoms with Gasteiger partial charge in [-0.05, 0) is 37.0 Å². The Morgan fingerprint density at radius 2 is 2.18 bits per heavy atom. The number of hydrogen-bond acceptors (Lipinski definition) is 5. The second-order valence-electron chi connectivity index (χ2n) is 7.62. The summed E-state index contributed by atoms with van der Waals surface area (Å²) in [5, 5.41) is 4.09. The van der Waals surface area contributed by atoms with Crippen LogP contribution in [0.4, 0.5) is 5.82 Å². The summed E-state index contributed by atoms with van der Waals surface area (Å²) in [4.78, 5) is 26.8. The van der Waals surface area contributed by atoms with E-state index in [4.69, 9.17) is 5.73 Å². The van der Waals surface area contributed by atoms with Crippen LogP contribution in [0.15, 0.2) is 36.8 Å². The van der Waals surface area contributed by atoms with Crippen LogP contribution in [0.5, 0.6) is 0 Å². The predicted molar refractivity (Wildman–Crippen MR) is 111 cm³/mol. The number of nitrogens with two attached hydrogens (primary N) is 1. The van der Waals surface area contributed by atoms with E-state index >= 15 is 0 Å². The topological polar surface area (TPSA) is 99.9 Å². The highest BCUT2D eigenvalue weighted by Crippen LogP contribution is 2.31. The fraction of sp³-hybridized carbons (Fsp3) is 0.381. The van der Waals surface area contributed by atoms with Gasteiger partial charge >= 0.3 is 0 Å². The van der Waals surface area contributed by atoms with Crippen molar-refractivity contribution in [3.05, 3.63) is 53.5 Å². The minimum Gasteiger partial charge on any atom is -0.354 e. The molecule has 7 nitrogen and oxygen atoms in total. The molecule has 3 heterocycles. The number of rotatable bonds is 5. The van der Waals surface area contributed by atoms with Gasteiger partial charge in [0, 0.05) is 31.4 Å². The van der Waals surface area contributed by atoms with Gasteiger partial charge in [0.15, 0.2) is 0 Å². The van der Waals surface area contributed by atoms with Gasteiger partial charge in [-0.15, -0.1) is 0 Å². The third-order valence-corrected chi connectivity index (χ3v) is 5.59. The zero-order valence-corrected chi connectivity index (χ0v) is 16.3. The van der Waals surface area contributed by atoms with E-state index in [9.17, 15) is 4.79 Å². The van der Waals surface area contributed by atoms with Crippen molar-refractivity contribution in [1.82, 2.24) is 20.3 Å². The minimum absolute atomic E-state index is 0.0790. The molecule has 4 rings (SSSR count). The molecule has 1 atom stereocenters. The third kappa shape index (κ3) is 3.33. The Morgan fingerprint density at radius 3 is 2.96 bits per heavy atom. The van der Waals surface area contributed by atoms with Gasteiger partial charge in [0.05, 0.1) is 10.9 Å². The Bertz CT molecular complexity index is 1010. The molecular weight excluding hydrogens is 352 g/mol. The maximum Gasteiger partial charge on any atom is 0.251 e. The summed E-state index contributed by atoms with van der Waals surface area (Å²) in [5.74, 6) is 0.838. The van der Waals surface area contributed by atoms with E-state index in [-0.39, 0.29) is 5.91 Å². The van der Waals surface area contributed by atoms with Gasteiger partial charge in [-0.2, -0.15) is 0 Å². The second-order valence-corrected chi connectivity index (χ2v) is 7.62. The van der Waals surface area contributed by atoms with Gasteiger partial charge in [0.2, 0.25) is 0 Å². The van der Waals surface area contributed by atoms with E-state index in [1.54, 1.807) is 6.33 Å². The first-order valence-corrected chi connectivity index (χ1v) is 9.69. The SMILES string of the molecule is CCc1c[nH]c2ncnc(N3CC[C@](N)(CNC(=O)c4ccccc4C)C3)c12. The number of nitrogens with one attached hydrogen (secondary N) is 2. The lowest BCUT2D eigenvalue weighted by Gasteiger charge is -2.26. The molecule has 7 heteroatoms. The summed E-state index contributed by atoms with van der Waals surface area (Å²) < 4.78 is 0. The summed E-state index contributed by atoms with van der Waals surface area (Å²) >= 11 is 0. The van der Waals surface area contributed by atoms with Crippen molar-refractivity contribution in [2.24, 2.45) is 5.73 Å². The highest BCUT2D eigenvalue weighted by Gasteiger charge is 2.36. The minimum atomic E-state index is -0.488. The van der Waals surface area contributed by atoms with E-state index < -0.39 is 5.54 Å². The van der Waals surface area contributed by atoms with Crippen LogP contribution in [-0.4, -0.2) is 46.0 Å². The zero-order valence-electron chi connectivity index (χ0n) is 16.3. The molecule has 146 valence electrons. The number of benzene rings is 1. The number of H-pyrrole nitrogens is 1. The van der Waals surface area contributed by atoms with Gasteiger partial charge in [-0.3, -0.25) is 4.79 Å². The summed E-state index contributed by atoms with van der Waals surface area (Å²) in [6, 6.07) is 7.58. The van der Waals surface area contributed by atoms with Crippen LogP contribution in [0.25, 0.3) is 11.0 Å². The maximum absolute atomic E-state index is 12.5. The average molecular weight is 378 g/mol. The van der Waals surface area contributed by atoms with Crippen LogP contribution in [0.3, 0.4) is 0 Å². The van der Waals surface area contributed by atoms with Crippen LogP contribution in [-0.2, 0) is 6.42 Å². The van der Waals surface area contributed by atoms with E-state index in [1.165, 1.54) is 5.56 Å². The zero-order chi connectivity index (χ0) is 19.7. The van der Waals surface area contributed by atoms with Crippen molar-refractivity contribution in [2.45, 2.75) is 32.2 Å². The van der Waals surface area contributed by atoms with Gasteiger partial charge in [0.1, 0.15) is 17.8 Å². The van der Waals surface area contributed by atoms with Crippen molar-refractivity contribution in [3.63, 3.8) is 0 Å². The third-order valence-electron chi connectivity index (χ3n) is 5.59. The van der Waals surface area contributed by atoms with E-state index in [2.05, 4.69) is 32.1 Å². The molecular formula is C21H26N6O. The average Bonchev–Trinajstić information content (AvgIpc) is 3.30. The molecule has 28 heavy (non-hydrogen) atoms. The Morgan fingerprint density at radius 1 is 1.36 bits per heavy atom. The van der Waals surface area contributed by atoms with Crippen molar-refractivity contribution in [3.8, 4) is 0 Å². The largest absolute Gasteiger partial charge is 0.354 e. The molecule has 2 aromatic heterocycles. The standard InChI is InChI=1S/C21H26N6O/c1-3-15-10-23-18-17(15)19(26-13-25-18)27-9-8-21(22,12-27)11-24-20(28)16-7-5-4-6-14(16)2/h4-7,10,13H,3,8-9,11-12,22H2,1-2H3,(H,24,28)(H,23,25,26)/t21-/m0/s1. The molecule has 1 saturated heterocycles. The van der Waals surface area contributed by atoms with E-state index in [1.807, 2.05) is 37.4 Å². The number of fused-ring (bicyclic) bond motifs is 1. The van der Waals surface area contributed by atoms with Gasteiger partial charge in [0.25, 0.3) is 5.91 Å². The number of carbonyl (C=O) groups excluding carboxylic acids is 1. The number of nitrogens with zero attached hydrogens (tertiary/aromatic N) is 3. The van der Waals surface area contributed by atoms with Gasteiger partial charge in [-0.25, -0.2) is 9.97 Å². The lowest BCUT2D eigenvalue weighted by atomic mass is 10.00. The summed E-state index contributed by atoms with van der Waals surface area (Å²) in [6.07, 6.45) is 5.29. The molecule has 0 aliphatic carbocycles. The molecule has 0 radical (unpaired) electrons. The van der Waals surface area contributed by atoms with Gasteiger partial charge < -0.3 is 20.9 Å². The fourth-order valence-electron chi connectivity index (χ4n) is 3.93. The monoisotopic (exact) mass is 378 g/mol. The number of hydrogen-bond donors (Lipinski definition) is 3. The van der Waals surface area contributed by atoms with E-state index in [0.29, 0.717) is 18.7 Å². The van der Waals surface area contributed by atoms with Crippen LogP contribution < -0.4 is 16.0 Å². The first kappa shape index (κ1) is 18.4. The first-order chi connectivity index (χ1) is 13.5. The number of aryl methyl sites for hydroxylation is 2. The first-order valence-electron chi connectivity index (χ1n) is 9.69. The highest BCUT2D eigenvalue weighted by atomic mass is 16.1. The van der Waals surface area contributed by atoms with Crippen molar-refractivity contribution >= 4 is 22.8 Å².